The summed E-state index contributed by atoms with van der Waals surface area (Å²) in [4.78, 5) is 34.2. The van der Waals surface area contributed by atoms with Gasteiger partial charge in [0, 0.05) is 26.3 Å². The monoisotopic (exact) mass is 413 g/mol. The smallest absolute Gasteiger partial charge is 0.519 e. The van der Waals surface area contributed by atoms with Gasteiger partial charge in [0.05, 0.1) is 19.3 Å². The average molecular weight is 414 g/mol. The molecule has 1 aromatic carbocycles. The number of carbonyl (C=O) groups excluding carboxylic acids is 3. The summed E-state index contributed by atoms with van der Waals surface area (Å²) in [6.07, 6.45) is 0. The van der Waals surface area contributed by atoms with Gasteiger partial charge in [-0.15, -0.1) is 0 Å². The van der Waals surface area contributed by atoms with Crippen LogP contribution < -0.4 is 9.16 Å². The van der Waals surface area contributed by atoms with E-state index in [4.69, 9.17) is 26.9 Å². The lowest BCUT2D eigenvalue weighted by Crippen LogP contribution is -2.50. The third kappa shape index (κ3) is 6.38. The van der Waals surface area contributed by atoms with Gasteiger partial charge in [0.2, 0.25) is 0 Å². The largest absolute Gasteiger partial charge is 0.708 e. The van der Waals surface area contributed by atoms with Crippen LogP contribution in [0.3, 0.4) is 0 Å². The summed E-state index contributed by atoms with van der Waals surface area (Å²) >= 11 is 0. The molecule has 0 spiro atoms. The predicted molar refractivity (Wildman–Crippen MR) is 94.8 cm³/mol. The molecule has 9 nitrogen and oxygen atoms in total. The van der Waals surface area contributed by atoms with E-state index in [1.807, 2.05) is 6.55 Å². The summed E-state index contributed by atoms with van der Waals surface area (Å²) in [5.74, 6) is -0.865. The maximum atomic E-state index is 11.4. The first-order valence-corrected chi connectivity index (χ1v) is 11.9. The fraction of sp³-hybridized carbons (Fsp3) is 0.438. The fourth-order valence-electron chi connectivity index (χ4n) is 2.39. The number of carbonyl (C=O) groups is 3. The molecule has 1 aromatic rings. The van der Waals surface area contributed by atoms with Gasteiger partial charge in [0.15, 0.2) is 0 Å². The molecular formula is C16H21O9Si2. The molecule has 1 radical (unpaired) electrons. The number of rotatable bonds is 7. The topological polar surface area (TPSA) is 107 Å². The Hall–Kier alpha value is -2.38. The molecular weight excluding hydrogens is 392 g/mol. The van der Waals surface area contributed by atoms with Gasteiger partial charge in [0.25, 0.3) is 17.9 Å². The van der Waals surface area contributed by atoms with Crippen molar-refractivity contribution >= 4 is 36.0 Å². The van der Waals surface area contributed by atoms with E-state index in [2.05, 4.69) is 0 Å². The van der Waals surface area contributed by atoms with E-state index >= 15 is 0 Å². The van der Waals surface area contributed by atoms with Crippen molar-refractivity contribution in [2.45, 2.75) is 40.0 Å². The van der Waals surface area contributed by atoms with Crippen LogP contribution in [0.1, 0.15) is 26.3 Å². The second kappa shape index (κ2) is 9.01. The molecule has 147 valence electrons. The van der Waals surface area contributed by atoms with Gasteiger partial charge < -0.3 is 26.9 Å². The minimum absolute atomic E-state index is 0.00336. The van der Waals surface area contributed by atoms with Crippen molar-refractivity contribution in [1.29, 1.82) is 0 Å². The first-order chi connectivity index (χ1) is 12.7. The van der Waals surface area contributed by atoms with Gasteiger partial charge >= 0.3 is 18.1 Å². The molecule has 2 rings (SSSR count). The molecule has 0 saturated carbocycles. The van der Waals surface area contributed by atoms with E-state index in [9.17, 15) is 14.4 Å². The Morgan fingerprint density at radius 1 is 1.07 bits per heavy atom. The highest BCUT2D eigenvalue weighted by Crippen LogP contribution is 2.29. The van der Waals surface area contributed by atoms with Crippen LogP contribution in [0, 0.1) is 0 Å². The van der Waals surface area contributed by atoms with Gasteiger partial charge in [-0.1, -0.05) is 0 Å². The van der Waals surface area contributed by atoms with Crippen molar-refractivity contribution in [3.05, 3.63) is 23.8 Å². The summed E-state index contributed by atoms with van der Waals surface area (Å²) in [6, 6.07) is 5.22. The number of hydrogen-bond donors (Lipinski definition) is 0. The van der Waals surface area contributed by atoms with Crippen LogP contribution in [0.25, 0.3) is 0 Å². The van der Waals surface area contributed by atoms with Crippen LogP contribution in [0.5, 0.6) is 11.5 Å². The molecule has 0 aromatic heterocycles. The van der Waals surface area contributed by atoms with E-state index in [0.717, 1.165) is 32.1 Å². The van der Waals surface area contributed by atoms with Gasteiger partial charge in [-0.2, -0.15) is 0 Å². The van der Waals surface area contributed by atoms with E-state index in [1.54, 1.807) is 18.2 Å². The Balaban J connectivity index is 2.06. The highest BCUT2D eigenvalue weighted by atomic mass is 28.4. The molecule has 0 unspecified atom stereocenters. The number of ether oxygens (including phenoxy) is 1. The molecule has 0 atom stereocenters. The molecule has 0 N–H and O–H groups in total. The summed E-state index contributed by atoms with van der Waals surface area (Å²) in [7, 11) is -5.16. The lowest BCUT2D eigenvalue weighted by atomic mass is 10.2. The normalized spacial score (nSPS) is 13.8. The SMILES string of the molecule is CC(=O)O[Si](CCOc1ccc2c(c1)CO[Si](C)O2)(OC(C)=O)OC(C)=O. The second-order valence-electron chi connectivity index (χ2n) is 5.71. The summed E-state index contributed by atoms with van der Waals surface area (Å²) in [5, 5.41) is 0. The molecule has 1 heterocycles. The zero-order valence-electron chi connectivity index (χ0n) is 15.5. The number of fused-ring (bicyclic) bond motifs is 1. The highest BCUT2D eigenvalue weighted by molar-refractivity contribution is 6.65. The predicted octanol–water partition coefficient (Wildman–Crippen LogP) is 1.72. The van der Waals surface area contributed by atoms with Crippen molar-refractivity contribution in [1.82, 2.24) is 0 Å². The Morgan fingerprint density at radius 2 is 1.67 bits per heavy atom. The zero-order valence-corrected chi connectivity index (χ0v) is 17.5. The molecule has 0 amide bonds. The maximum absolute atomic E-state index is 11.4. The zero-order chi connectivity index (χ0) is 20.0. The summed E-state index contributed by atoms with van der Waals surface area (Å²) in [6.45, 7) is 5.77. The summed E-state index contributed by atoms with van der Waals surface area (Å²) < 4.78 is 32.1. The molecule has 1 aliphatic rings. The Labute approximate surface area is 159 Å². The fourth-order valence-corrected chi connectivity index (χ4v) is 5.41. The molecule has 27 heavy (non-hydrogen) atoms. The Bertz CT molecular complexity index is 681. The van der Waals surface area contributed by atoms with Crippen LogP contribution in [0.4, 0.5) is 0 Å². The molecule has 0 saturated heterocycles. The van der Waals surface area contributed by atoms with Gasteiger partial charge in [0.1, 0.15) is 11.5 Å². The summed E-state index contributed by atoms with van der Waals surface area (Å²) in [5.41, 5.74) is 0.853. The molecule has 1 aliphatic heterocycles. The lowest BCUT2D eigenvalue weighted by Gasteiger charge is -2.26. The van der Waals surface area contributed by atoms with E-state index in [0.29, 0.717) is 12.4 Å². The third-order valence-electron chi connectivity index (χ3n) is 3.29. The van der Waals surface area contributed by atoms with Crippen LogP contribution in [0.2, 0.25) is 12.6 Å². The Morgan fingerprint density at radius 3 is 2.22 bits per heavy atom. The van der Waals surface area contributed by atoms with Crippen molar-refractivity contribution in [2.24, 2.45) is 0 Å². The van der Waals surface area contributed by atoms with Crippen molar-refractivity contribution in [3.63, 3.8) is 0 Å². The molecule has 0 bridgehead atoms. The average Bonchev–Trinajstić information content (AvgIpc) is 2.52. The maximum Gasteiger partial charge on any atom is 0.708 e. The van der Waals surface area contributed by atoms with Crippen LogP contribution in [0.15, 0.2) is 18.2 Å². The van der Waals surface area contributed by atoms with Gasteiger partial charge in [-0.3, -0.25) is 14.4 Å². The third-order valence-corrected chi connectivity index (χ3v) is 6.96. The Kier molecular flexibility index (Phi) is 6.99. The lowest BCUT2D eigenvalue weighted by molar-refractivity contribution is -0.147. The van der Waals surface area contributed by atoms with Crippen LogP contribution in [-0.2, 0) is 38.7 Å². The van der Waals surface area contributed by atoms with Crippen molar-refractivity contribution < 1.29 is 41.3 Å². The van der Waals surface area contributed by atoms with E-state index < -0.39 is 36.0 Å². The quantitative estimate of drug-likeness (QED) is 0.618. The van der Waals surface area contributed by atoms with E-state index in [-0.39, 0.29) is 12.7 Å². The first-order valence-electron chi connectivity index (χ1n) is 8.18. The first kappa shape index (κ1) is 20.9. The number of benzene rings is 1. The van der Waals surface area contributed by atoms with Gasteiger partial charge in [-0.05, 0) is 24.7 Å². The molecule has 0 fully saturated rings. The standard InChI is InChI=1S/C16H21O9Si2/c1-11(17)23-27(24-12(2)18,25-13(3)19)8-7-20-15-5-6-16-14(9-15)10-21-26(4)22-16/h5-6,9H,7-8,10H2,1-4H3. The van der Waals surface area contributed by atoms with Crippen molar-refractivity contribution in [3.8, 4) is 11.5 Å². The van der Waals surface area contributed by atoms with Crippen LogP contribution in [-0.4, -0.2) is 42.6 Å². The minimum Gasteiger partial charge on any atom is -0.519 e. The minimum atomic E-state index is -3.90. The van der Waals surface area contributed by atoms with Crippen molar-refractivity contribution in [2.75, 3.05) is 6.61 Å². The molecule has 11 heteroatoms. The van der Waals surface area contributed by atoms with E-state index in [1.165, 1.54) is 0 Å². The number of hydrogen-bond acceptors (Lipinski definition) is 9. The van der Waals surface area contributed by atoms with Crippen LogP contribution >= 0.6 is 0 Å². The van der Waals surface area contributed by atoms with Gasteiger partial charge in [-0.25, -0.2) is 0 Å². The highest BCUT2D eigenvalue weighted by Gasteiger charge is 2.51. The second-order valence-corrected chi connectivity index (χ2v) is 9.67. The molecule has 0 aliphatic carbocycles.